The van der Waals surface area contributed by atoms with E-state index < -0.39 is 0 Å². The fourth-order valence-electron chi connectivity index (χ4n) is 6.15. The summed E-state index contributed by atoms with van der Waals surface area (Å²) in [6.45, 7) is 2.84. The monoisotopic (exact) mass is 386 g/mol. The zero-order chi connectivity index (χ0) is 18.2. The van der Waals surface area contributed by atoms with Crippen molar-refractivity contribution < 1.29 is 9.84 Å². The third-order valence-corrected chi connectivity index (χ3v) is 8.50. The number of aryl methyl sites for hydroxylation is 2. The van der Waals surface area contributed by atoms with Crippen molar-refractivity contribution in [3.8, 4) is 0 Å². The summed E-state index contributed by atoms with van der Waals surface area (Å²) in [6, 6.07) is 0. The summed E-state index contributed by atoms with van der Waals surface area (Å²) in [5.74, 6) is 2.21. The fraction of sp³-hybridized carbons (Fsp3) is 0.700. The maximum atomic E-state index is 9.80. The van der Waals surface area contributed by atoms with Crippen molar-refractivity contribution in [1.29, 1.82) is 0 Å². The van der Waals surface area contributed by atoms with E-state index in [4.69, 9.17) is 15.5 Å². The average molecular weight is 387 g/mol. The highest BCUT2D eigenvalue weighted by atomic mass is 32.1. The smallest absolute Gasteiger partial charge is 0.146 e. The summed E-state index contributed by atoms with van der Waals surface area (Å²) in [4.78, 5) is 14.5. The summed E-state index contributed by atoms with van der Waals surface area (Å²) in [6.07, 6.45) is 7.25. The van der Waals surface area contributed by atoms with Crippen molar-refractivity contribution in [1.82, 2.24) is 14.9 Å². The maximum absolute atomic E-state index is 9.80. The normalized spacial score (nSPS) is 35.1. The molecule has 3 aliphatic heterocycles. The number of thiophene rings is 1. The topological polar surface area (TPSA) is 84.5 Å². The number of likely N-dealkylation sites (tertiary alicyclic amines) is 1. The van der Waals surface area contributed by atoms with Gasteiger partial charge in [0.1, 0.15) is 16.5 Å². The van der Waals surface area contributed by atoms with E-state index in [9.17, 15) is 5.11 Å². The van der Waals surface area contributed by atoms with Gasteiger partial charge in [0.05, 0.1) is 23.6 Å². The van der Waals surface area contributed by atoms with Crippen molar-refractivity contribution >= 4 is 27.4 Å². The Kier molecular flexibility index (Phi) is 3.61. The minimum Gasteiger partial charge on any atom is -0.396 e. The van der Waals surface area contributed by atoms with Crippen molar-refractivity contribution in [2.45, 2.75) is 56.8 Å². The van der Waals surface area contributed by atoms with Crippen LogP contribution in [0.3, 0.4) is 0 Å². The number of anilines is 1. The molecule has 6 nitrogen and oxygen atoms in total. The van der Waals surface area contributed by atoms with Gasteiger partial charge < -0.3 is 15.6 Å². The number of aromatic nitrogens is 2. The van der Waals surface area contributed by atoms with Gasteiger partial charge in [0, 0.05) is 36.4 Å². The third kappa shape index (κ3) is 2.35. The molecular weight excluding hydrogens is 360 g/mol. The molecule has 3 saturated heterocycles. The van der Waals surface area contributed by atoms with Crippen molar-refractivity contribution in [3.63, 3.8) is 0 Å². The predicted octanol–water partition coefficient (Wildman–Crippen LogP) is 2.12. The molecule has 0 amide bonds. The second kappa shape index (κ2) is 5.86. The molecule has 6 rings (SSSR count). The van der Waals surface area contributed by atoms with Gasteiger partial charge in [-0.25, -0.2) is 9.97 Å². The van der Waals surface area contributed by atoms with Crippen LogP contribution < -0.4 is 5.73 Å². The first-order chi connectivity index (χ1) is 13.2. The van der Waals surface area contributed by atoms with Gasteiger partial charge in [-0.15, -0.1) is 11.3 Å². The number of rotatable bonds is 3. The number of fused-ring (bicyclic) bond motifs is 4. The Morgan fingerprint density at radius 2 is 2.19 bits per heavy atom. The lowest BCUT2D eigenvalue weighted by Gasteiger charge is -2.28. The summed E-state index contributed by atoms with van der Waals surface area (Å²) < 4.78 is 6.34. The van der Waals surface area contributed by atoms with Gasteiger partial charge in [0.15, 0.2) is 0 Å². The van der Waals surface area contributed by atoms with Crippen LogP contribution in [-0.2, 0) is 24.1 Å². The Hall–Kier alpha value is -1.28. The van der Waals surface area contributed by atoms with E-state index in [1.165, 1.54) is 23.3 Å². The molecule has 2 bridgehead atoms. The Balaban J connectivity index is 1.28. The van der Waals surface area contributed by atoms with Crippen LogP contribution in [0.2, 0.25) is 0 Å². The molecular formula is C20H26N4O2S. The minimum absolute atomic E-state index is 0.0459. The minimum atomic E-state index is -0.0459. The van der Waals surface area contributed by atoms with Crippen LogP contribution in [0.4, 0.5) is 5.82 Å². The van der Waals surface area contributed by atoms with Crippen molar-refractivity contribution in [3.05, 3.63) is 16.3 Å². The number of hydrogen-bond donors (Lipinski definition) is 2. The van der Waals surface area contributed by atoms with Crippen LogP contribution in [0.1, 0.15) is 41.9 Å². The molecule has 2 aromatic rings. The van der Waals surface area contributed by atoms with Crippen molar-refractivity contribution in [2.24, 2.45) is 11.8 Å². The van der Waals surface area contributed by atoms with Crippen LogP contribution in [0.15, 0.2) is 0 Å². The van der Waals surface area contributed by atoms with Gasteiger partial charge in [-0.05, 0) is 44.1 Å². The predicted molar refractivity (Wildman–Crippen MR) is 105 cm³/mol. The van der Waals surface area contributed by atoms with E-state index in [-0.39, 0.29) is 18.3 Å². The maximum Gasteiger partial charge on any atom is 0.146 e. The van der Waals surface area contributed by atoms with Crippen LogP contribution >= 0.6 is 11.3 Å². The van der Waals surface area contributed by atoms with Gasteiger partial charge in [0.25, 0.3) is 0 Å². The second-order valence-electron chi connectivity index (χ2n) is 8.80. The van der Waals surface area contributed by atoms with Gasteiger partial charge in [-0.2, -0.15) is 0 Å². The highest BCUT2D eigenvalue weighted by Gasteiger charge is 2.62. The molecule has 7 heteroatoms. The number of ether oxygens (including phenoxy) is 1. The molecule has 1 aliphatic carbocycles. The van der Waals surface area contributed by atoms with Crippen LogP contribution in [0, 0.1) is 11.8 Å². The van der Waals surface area contributed by atoms with Gasteiger partial charge >= 0.3 is 0 Å². The first-order valence-corrected chi connectivity index (χ1v) is 11.1. The van der Waals surface area contributed by atoms with Gasteiger partial charge in [-0.3, -0.25) is 4.90 Å². The Labute approximate surface area is 162 Å². The zero-order valence-electron chi connectivity index (χ0n) is 15.5. The summed E-state index contributed by atoms with van der Waals surface area (Å²) in [7, 11) is 0. The molecule has 3 fully saturated rings. The number of hydrogen-bond acceptors (Lipinski definition) is 7. The Morgan fingerprint density at radius 1 is 1.30 bits per heavy atom. The van der Waals surface area contributed by atoms with E-state index in [1.807, 2.05) is 11.3 Å². The largest absolute Gasteiger partial charge is 0.396 e. The number of nitrogen functional groups attached to an aromatic ring is 1. The number of aliphatic hydroxyl groups is 1. The summed E-state index contributed by atoms with van der Waals surface area (Å²) in [5.41, 5.74) is 7.73. The number of nitrogens with two attached hydrogens (primary N) is 1. The molecule has 4 aliphatic rings. The molecule has 2 aromatic heterocycles. The molecule has 0 aromatic carbocycles. The Morgan fingerprint density at radius 3 is 3.07 bits per heavy atom. The second-order valence-corrected chi connectivity index (χ2v) is 9.88. The fourth-order valence-corrected chi connectivity index (χ4v) is 7.44. The van der Waals surface area contributed by atoms with E-state index in [0.717, 1.165) is 54.8 Å². The molecule has 5 heterocycles. The number of aliphatic hydroxyl groups excluding tert-OH is 1. The molecule has 4 atom stereocenters. The quantitative estimate of drug-likeness (QED) is 0.841. The average Bonchev–Trinajstić information content (AvgIpc) is 3.37. The lowest BCUT2D eigenvalue weighted by molar-refractivity contribution is 0.000208. The van der Waals surface area contributed by atoms with Crippen molar-refractivity contribution in [2.75, 3.05) is 25.4 Å². The third-order valence-electron chi connectivity index (χ3n) is 7.32. The van der Waals surface area contributed by atoms with Crippen LogP contribution in [0.5, 0.6) is 0 Å². The molecule has 0 unspecified atom stereocenters. The van der Waals surface area contributed by atoms with E-state index in [1.54, 1.807) is 0 Å². The molecule has 27 heavy (non-hydrogen) atoms. The molecule has 144 valence electrons. The summed E-state index contributed by atoms with van der Waals surface area (Å²) in [5, 5.41) is 10.9. The molecule has 1 spiro atoms. The lowest BCUT2D eigenvalue weighted by Crippen LogP contribution is -2.37. The molecule has 0 saturated carbocycles. The zero-order valence-corrected chi connectivity index (χ0v) is 16.3. The van der Waals surface area contributed by atoms with Crippen LogP contribution in [0.25, 0.3) is 10.2 Å². The molecule has 0 radical (unpaired) electrons. The highest BCUT2D eigenvalue weighted by Crippen LogP contribution is 2.54. The van der Waals surface area contributed by atoms with Crippen LogP contribution in [-0.4, -0.2) is 51.4 Å². The number of nitrogens with zero attached hydrogens (tertiary/aromatic N) is 3. The van der Waals surface area contributed by atoms with E-state index in [0.29, 0.717) is 24.2 Å². The van der Waals surface area contributed by atoms with Gasteiger partial charge in [-0.1, -0.05) is 0 Å². The highest BCUT2D eigenvalue weighted by molar-refractivity contribution is 7.19. The standard InChI is InChI=1S/C20H26N4O2S/c21-18-17-11-3-1-2-4-15(11)27-19(17)23-16(22-18)8-24-7-13-12(9-25)14-5-6-20(13,10-24)26-14/h12-14,25H,1-10H2,(H2,21,22,23)/t12-,13+,14+,20+/m0/s1. The Bertz CT molecular complexity index is 915. The lowest BCUT2D eigenvalue weighted by atomic mass is 9.74. The SMILES string of the molecule is Nc1nc(CN2C[C@@H]3[C@H](CO)[C@H]4CC[C@]3(C2)O4)nc2sc3c(c12)CCCC3. The first-order valence-electron chi connectivity index (χ1n) is 10.2. The van der Waals surface area contributed by atoms with Gasteiger partial charge in [0.2, 0.25) is 0 Å². The summed E-state index contributed by atoms with van der Waals surface area (Å²) >= 11 is 1.81. The first kappa shape index (κ1) is 16.7. The van der Waals surface area contributed by atoms with E-state index >= 15 is 0 Å². The molecule has 3 N–H and O–H groups in total. The van der Waals surface area contributed by atoms with E-state index in [2.05, 4.69) is 9.88 Å².